The zero-order chi connectivity index (χ0) is 23.4. The molecule has 3 aromatic heterocycles. The smallest absolute Gasteiger partial charge is 0.257 e. The normalized spacial score (nSPS) is 11.1. The highest BCUT2D eigenvalue weighted by Crippen LogP contribution is 2.25. The largest absolute Gasteiger partial charge is 0.334 e. The summed E-state index contributed by atoms with van der Waals surface area (Å²) in [5, 5.41) is 4.45. The lowest BCUT2D eigenvalue weighted by Crippen LogP contribution is -2.31. The fourth-order valence-corrected chi connectivity index (χ4v) is 3.71. The number of rotatable bonds is 7. The molecule has 0 saturated heterocycles. The maximum Gasteiger partial charge on any atom is 0.257 e. The number of aromatic nitrogens is 5. The number of benzene rings is 1. The molecule has 0 aliphatic carbocycles. The lowest BCUT2D eigenvalue weighted by molar-refractivity contribution is 0.0751. The van der Waals surface area contributed by atoms with Crippen LogP contribution >= 0.6 is 0 Å². The highest BCUT2D eigenvalue weighted by molar-refractivity contribution is 5.95. The van der Waals surface area contributed by atoms with E-state index in [4.69, 9.17) is 0 Å². The second-order valence-electron chi connectivity index (χ2n) is 7.91. The molecule has 0 atom stereocenters. The lowest BCUT2D eigenvalue weighted by Gasteiger charge is -2.22. The van der Waals surface area contributed by atoms with Crippen molar-refractivity contribution in [2.24, 2.45) is 0 Å². The summed E-state index contributed by atoms with van der Waals surface area (Å²) in [6.07, 6.45) is 6.56. The van der Waals surface area contributed by atoms with Crippen LogP contribution < -0.4 is 0 Å². The number of carbonyl (C=O) groups is 1. The van der Waals surface area contributed by atoms with Gasteiger partial charge in [-0.1, -0.05) is 26.0 Å². The van der Waals surface area contributed by atoms with E-state index in [0.717, 1.165) is 5.56 Å². The van der Waals surface area contributed by atoms with E-state index in [1.54, 1.807) is 58.6 Å². The minimum atomic E-state index is -0.364. The van der Waals surface area contributed by atoms with Gasteiger partial charge in [-0.15, -0.1) is 0 Å². The molecule has 7 nitrogen and oxygen atoms in total. The maximum absolute atomic E-state index is 14.3. The summed E-state index contributed by atoms with van der Waals surface area (Å²) in [5.41, 5.74) is 3.04. The Morgan fingerprint density at radius 1 is 1.09 bits per heavy atom. The molecule has 1 amide bonds. The number of hydrogen-bond acceptors (Lipinski definition) is 5. The molecule has 1 aromatic carbocycles. The molecular weight excluding hydrogens is 419 g/mol. The molecule has 3 heterocycles. The van der Waals surface area contributed by atoms with Crippen LogP contribution in [0.15, 0.2) is 67.3 Å². The maximum atomic E-state index is 14.3. The minimum absolute atomic E-state index is 0.0215. The predicted octanol–water partition coefficient (Wildman–Crippen LogP) is 4.65. The molecule has 33 heavy (non-hydrogen) atoms. The van der Waals surface area contributed by atoms with E-state index in [-0.39, 0.29) is 23.6 Å². The fraction of sp³-hybridized carbons (Fsp3) is 0.240. The second-order valence-corrected chi connectivity index (χ2v) is 7.91. The molecule has 0 fully saturated rings. The Labute approximate surface area is 192 Å². The number of hydrogen-bond donors (Lipinski definition) is 0. The van der Waals surface area contributed by atoms with Gasteiger partial charge in [-0.05, 0) is 48.7 Å². The van der Waals surface area contributed by atoms with E-state index in [1.807, 2.05) is 32.9 Å². The average Bonchev–Trinajstić information content (AvgIpc) is 3.29. The first-order chi connectivity index (χ1) is 16.0. The number of pyridine rings is 1. The summed E-state index contributed by atoms with van der Waals surface area (Å²) in [4.78, 5) is 28.1. The molecule has 168 valence electrons. The summed E-state index contributed by atoms with van der Waals surface area (Å²) < 4.78 is 15.9. The fourth-order valence-electron chi connectivity index (χ4n) is 3.71. The molecule has 0 radical (unpaired) electrons. The van der Waals surface area contributed by atoms with Crippen molar-refractivity contribution in [1.29, 1.82) is 0 Å². The van der Waals surface area contributed by atoms with Gasteiger partial charge in [0.15, 0.2) is 0 Å². The van der Waals surface area contributed by atoms with E-state index in [2.05, 4.69) is 20.1 Å². The van der Waals surface area contributed by atoms with Crippen molar-refractivity contribution in [3.63, 3.8) is 0 Å². The number of nitrogens with zero attached hydrogens (tertiary/aromatic N) is 6. The molecular formula is C25H25FN6O. The van der Waals surface area contributed by atoms with Crippen LogP contribution in [-0.4, -0.2) is 42.1 Å². The first-order valence-corrected chi connectivity index (χ1v) is 10.8. The first-order valence-electron chi connectivity index (χ1n) is 10.8. The second kappa shape index (κ2) is 9.68. The minimum Gasteiger partial charge on any atom is -0.334 e. The molecule has 0 aliphatic rings. The predicted molar refractivity (Wildman–Crippen MR) is 123 cm³/mol. The van der Waals surface area contributed by atoms with Crippen molar-refractivity contribution >= 4 is 5.91 Å². The highest BCUT2D eigenvalue weighted by Gasteiger charge is 2.25. The highest BCUT2D eigenvalue weighted by atomic mass is 19.1. The Balaban J connectivity index is 1.71. The van der Waals surface area contributed by atoms with Crippen molar-refractivity contribution in [2.45, 2.75) is 33.2 Å². The third kappa shape index (κ3) is 4.64. The molecule has 8 heteroatoms. The van der Waals surface area contributed by atoms with Crippen LogP contribution in [0.5, 0.6) is 0 Å². The molecule has 4 aromatic rings. The number of amides is 1. The van der Waals surface area contributed by atoms with Gasteiger partial charge in [0.1, 0.15) is 5.82 Å². The van der Waals surface area contributed by atoms with Crippen LogP contribution in [0.3, 0.4) is 0 Å². The lowest BCUT2D eigenvalue weighted by atomic mass is 10.0. The Bertz CT molecular complexity index is 1250. The van der Waals surface area contributed by atoms with Crippen molar-refractivity contribution < 1.29 is 9.18 Å². The Morgan fingerprint density at radius 3 is 2.55 bits per heavy atom. The van der Waals surface area contributed by atoms with E-state index >= 15 is 0 Å². The van der Waals surface area contributed by atoms with Crippen LogP contribution in [0.1, 0.15) is 48.3 Å². The number of carbonyl (C=O) groups excluding carboxylic acids is 1. The van der Waals surface area contributed by atoms with Crippen molar-refractivity contribution in [2.75, 3.05) is 6.54 Å². The summed E-state index contributed by atoms with van der Waals surface area (Å²) >= 11 is 0. The van der Waals surface area contributed by atoms with Crippen LogP contribution in [0.2, 0.25) is 0 Å². The van der Waals surface area contributed by atoms with Gasteiger partial charge >= 0.3 is 0 Å². The third-order valence-corrected chi connectivity index (χ3v) is 5.36. The molecule has 0 unspecified atom stereocenters. The molecule has 0 spiro atoms. The molecule has 4 rings (SSSR count). The standard InChI is InChI=1S/C25H25FN6O/c1-4-31(16-18-9-12-27-13-10-18)24(33)20-15-29-32(23(20)17(2)3)25-28-14-11-22(30-25)19-7-5-6-8-21(19)26/h5-15,17H,4,16H2,1-3H3. The third-order valence-electron chi connectivity index (χ3n) is 5.36. The molecule has 0 aliphatic heterocycles. The summed E-state index contributed by atoms with van der Waals surface area (Å²) in [6.45, 7) is 6.94. The zero-order valence-corrected chi connectivity index (χ0v) is 18.8. The van der Waals surface area contributed by atoms with Crippen LogP contribution in [0.4, 0.5) is 4.39 Å². The van der Waals surface area contributed by atoms with E-state index in [9.17, 15) is 9.18 Å². The SMILES string of the molecule is CCN(Cc1ccncc1)C(=O)c1cnn(-c2nccc(-c3ccccc3F)n2)c1C(C)C. The van der Waals surface area contributed by atoms with E-state index in [1.165, 1.54) is 6.07 Å². The monoisotopic (exact) mass is 444 g/mol. The molecule has 0 bridgehead atoms. The van der Waals surface area contributed by atoms with Gasteiger partial charge in [0.25, 0.3) is 11.9 Å². The van der Waals surface area contributed by atoms with Crippen molar-refractivity contribution in [3.8, 4) is 17.2 Å². The first kappa shape index (κ1) is 22.3. The van der Waals surface area contributed by atoms with E-state index < -0.39 is 0 Å². The summed E-state index contributed by atoms with van der Waals surface area (Å²) in [7, 11) is 0. The van der Waals surface area contributed by atoms with Crippen molar-refractivity contribution in [1.82, 2.24) is 29.6 Å². The van der Waals surface area contributed by atoms with Gasteiger partial charge in [-0.2, -0.15) is 5.10 Å². The van der Waals surface area contributed by atoms with Crippen LogP contribution in [0, 0.1) is 5.82 Å². The Hall–Kier alpha value is -3.94. The van der Waals surface area contributed by atoms with Gasteiger partial charge < -0.3 is 4.90 Å². The Morgan fingerprint density at radius 2 is 1.85 bits per heavy atom. The average molecular weight is 445 g/mol. The van der Waals surface area contributed by atoms with Crippen LogP contribution in [-0.2, 0) is 6.54 Å². The van der Waals surface area contributed by atoms with Gasteiger partial charge in [-0.3, -0.25) is 9.78 Å². The van der Waals surface area contributed by atoms with Crippen LogP contribution in [0.25, 0.3) is 17.2 Å². The van der Waals surface area contributed by atoms with E-state index in [0.29, 0.717) is 35.6 Å². The van der Waals surface area contributed by atoms with Crippen molar-refractivity contribution in [3.05, 3.63) is 89.9 Å². The quantitative estimate of drug-likeness (QED) is 0.415. The summed E-state index contributed by atoms with van der Waals surface area (Å²) in [5.74, 6) is -0.214. The van der Waals surface area contributed by atoms with Gasteiger partial charge in [0.05, 0.1) is 23.1 Å². The molecule has 0 saturated carbocycles. The number of halogens is 1. The van der Waals surface area contributed by atoms with Gasteiger partial charge in [0.2, 0.25) is 0 Å². The van der Waals surface area contributed by atoms with Gasteiger partial charge in [-0.25, -0.2) is 19.0 Å². The Kier molecular flexibility index (Phi) is 6.53. The topological polar surface area (TPSA) is 76.8 Å². The molecule has 0 N–H and O–H groups in total. The van der Waals surface area contributed by atoms with Gasteiger partial charge in [0, 0.05) is 37.2 Å². The summed E-state index contributed by atoms with van der Waals surface area (Å²) in [6, 6.07) is 11.9. The zero-order valence-electron chi connectivity index (χ0n) is 18.8.